The monoisotopic (exact) mass is 487 g/mol. The summed E-state index contributed by atoms with van der Waals surface area (Å²) in [5.74, 6) is -1.09. The summed E-state index contributed by atoms with van der Waals surface area (Å²) in [7, 11) is 0. The van der Waals surface area contributed by atoms with Crippen molar-refractivity contribution >= 4 is 35.0 Å². The van der Waals surface area contributed by atoms with Gasteiger partial charge < -0.3 is 10.1 Å². The standard InChI is InChI=1S/C23H13ClF3N3O4/c24-18-6-1-2-7-19(18)29-22(31)15(13-28)10-14-4-3-5-17(11-14)34-21-9-8-16(23(25,26)27)12-20(21)30(32)33/h1-12H,(H,29,31)/b15-10-. The van der Waals surface area contributed by atoms with Gasteiger partial charge in [0.2, 0.25) is 5.75 Å². The van der Waals surface area contributed by atoms with E-state index in [9.17, 15) is 33.3 Å². The molecule has 3 rings (SSSR count). The molecule has 0 spiro atoms. The minimum atomic E-state index is -4.76. The van der Waals surface area contributed by atoms with E-state index in [2.05, 4.69) is 5.32 Å². The average molecular weight is 488 g/mol. The van der Waals surface area contributed by atoms with Gasteiger partial charge in [-0.3, -0.25) is 14.9 Å². The Morgan fingerprint density at radius 1 is 1.12 bits per heavy atom. The van der Waals surface area contributed by atoms with Crippen molar-refractivity contribution in [3.63, 3.8) is 0 Å². The van der Waals surface area contributed by atoms with Crippen molar-refractivity contribution in [1.29, 1.82) is 5.26 Å². The summed E-state index contributed by atoms with van der Waals surface area (Å²) in [6.45, 7) is 0. The Labute approximate surface area is 195 Å². The number of para-hydroxylation sites is 1. The third-order valence-electron chi connectivity index (χ3n) is 4.37. The fourth-order valence-electron chi connectivity index (χ4n) is 2.78. The van der Waals surface area contributed by atoms with E-state index in [4.69, 9.17) is 16.3 Å². The van der Waals surface area contributed by atoms with Gasteiger partial charge in [-0.25, -0.2) is 0 Å². The normalized spacial score (nSPS) is 11.4. The summed E-state index contributed by atoms with van der Waals surface area (Å²) in [5, 5.41) is 23.4. The summed E-state index contributed by atoms with van der Waals surface area (Å²) in [4.78, 5) is 22.7. The molecule has 0 aliphatic rings. The van der Waals surface area contributed by atoms with Gasteiger partial charge >= 0.3 is 11.9 Å². The molecule has 11 heteroatoms. The van der Waals surface area contributed by atoms with Crippen molar-refractivity contribution in [1.82, 2.24) is 0 Å². The number of nitriles is 1. The van der Waals surface area contributed by atoms with Gasteiger partial charge in [0.05, 0.1) is 21.2 Å². The summed E-state index contributed by atoms with van der Waals surface area (Å²) < 4.78 is 44.1. The third-order valence-corrected chi connectivity index (χ3v) is 4.70. The Hall–Kier alpha value is -4.36. The highest BCUT2D eigenvalue weighted by Gasteiger charge is 2.33. The molecule has 0 saturated heterocycles. The summed E-state index contributed by atoms with van der Waals surface area (Å²) in [6, 6.07) is 15.9. The van der Waals surface area contributed by atoms with E-state index in [-0.39, 0.29) is 16.3 Å². The molecule has 0 aliphatic heterocycles. The number of benzene rings is 3. The van der Waals surface area contributed by atoms with Gasteiger partial charge in [0, 0.05) is 6.07 Å². The first-order chi connectivity index (χ1) is 16.1. The number of hydrogen-bond donors (Lipinski definition) is 1. The zero-order valence-electron chi connectivity index (χ0n) is 17.0. The molecule has 34 heavy (non-hydrogen) atoms. The smallest absolute Gasteiger partial charge is 0.416 e. The lowest BCUT2D eigenvalue weighted by Crippen LogP contribution is -2.13. The van der Waals surface area contributed by atoms with Crippen molar-refractivity contribution in [2.45, 2.75) is 6.18 Å². The predicted octanol–water partition coefficient (Wildman–Crippen LogP) is 6.60. The molecule has 0 saturated carbocycles. The second-order valence-electron chi connectivity index (χ2n) is 6.72. The third kappa shape index (κ3) is 5.90. The SMILES string of the molecule is N#C/C(=C/c1cccc(Oc2ccc(C(F)(F)F)cc2[N+](=O)[O-])c1)C(=O)Nc1ccccc1Cl. The maximum Gasteiger partial charge on any atom is 0.416 e. The Balaban J connectivity index is 1.86. The molecule has 172 valence electrons. The van der Waals surface area contributed by atoms with Crippen molar-refractivity contribution in [3.8, 4) is 17.6 Å². The van der Waals surface area contributed by atoms with Gasteiger partial charge in [0.25, 0.3) is 5.91 Å². The minimum absolute atomic E-state index is 0.0420. The second kappa shape index (κ2) is 10.1. The van der Waals surface area contributed by atoms with Gasteiger partial charge in [-0.1, -0.05) is 35.9 Å². The van der Waals surface area contributed by atoms with E-state index in [0.717, 1.165) is 6.07 Å². The molecule has 0 fully saturated rings. The van der Waals surface area contributed by atoms with Crippen molar-refractivity contribution in [2.24, 2.45) is 0 Å². The van der Waals surface area contributed by atoms with Crippen LogP contribution in [-0.4, -0.2) is 10.8 Å². The number of carbonyl (C=O) groups excluding carboxylic acids is 1. The fourth-order valence-corrected chi connectivity index (χ4v) is 2.97. The van der Waals surface area contributed by atoms with Crippen LogP contribution in [0.1, 0.15) is 11.1 Å². The van der Waals surface area contributed by atoms with Crippen LogP contribution in [-0.2, 0) is 11.0 Å². The molecule has 0 radical (unpaired) electrons. The molecule has 0 atom stereocenters. The maximum absolute atomic E-state index is 12.9. The van der Waals surface area contributed by atoms with Crippen LogP contribution in [0.3, 0.4) is 0 Å². The Bertz CT molecular complexity index is 1330. The lowest BCUT2D eigenvalue weighted by atomic mass is 10.1. The highest BCUT2D eigenvalue weighted by molar-refractivity contribution is 6.34. The van der Waals surface area contributed by atoms with Gasteiger partial charge in [-0.05, 0) is 48.0 Å². The van der Waals surface area contributed by atoms with E-state index in [1.54, 1.807) is 30.3 Å². The fraction of sp³-hybridized carbons (Fsp3) is 0.0435. The average Bonchev–Trinajstić information content (AvgIpc) is 2.78. The number of halogens is 4. The quantitative estimate of drug-likeness (QED) is 0.182. The molecular weight excluding hydrogens is 475 g/mol. The first-order valence-corrected chi connectivity index (χ1v) is 9.77. The van der Waals surface area contributed by atoms with Crippen LogP contribution >= 0.6 is 11.6 Å². The van der Waals surface area contributed by atoms with Gasteiger partial charge in [-0.2, -0.15) is 18.4 Å². The maximum atomic E-state index is 12.9. The Kier molecular flexibility index (Phi) is 7.18. The number of nitro benzene ring substituents is 1. The molecule has 0 bridgehead atoms. The molecule has 0 aliphatic carbocycles. The lowest BCUT2D eigenvalue weighted by molar-refractivity contribution is -0.385. The van der Waals surface area contributed by atoms with Crippen molar-refractivity contribution < 1.29 is 27.6 Å². The van der Waals surface area contributed by atoms with Gasteiger partial charge in [0.1, 0.15) is 17.4 Å². The zero-order chi connectivity index (χ0) is 24.9. The second-order valence-corrected chi connectivity index (χ2v) is 7.12. The van der Waals surface area contributed by atoms with Crippen LogP contribution < -0.4 is 10.1 Å². The first-order valence-electron chi connectivity index (χ1n) is 9.39. The molecule has 3 aromatic rings. The molecule has 1 amide bonds. The number of ether oxygens (including phenoxy) is 1. The predicted molar refractivity (Wildman–Crippen MR) is 118 cm³/mol. The van der Waals surface area contributed by atoms with Gasteiger partial charge in [0.15, 0.2) is 0 Å². The number of carbonyl (C=O) groups is 1. The van der Waals surface area contributed by atoms with Crippen LogP contribution in [0.25, 0.3) is 6.08 Å². The summed E-state index contributed by atoms with van der Waals surface area (Å²) >= 11 is 6.00. The molecule has 0 heterocycles. The number of nitrogens with zero attached hydrogens (tertiary/aromatic N) is 2. The largest absolute Gasteiger partial charge is 0.450 e. The highest BCUT2D eigenvalue weighted by atomic mass is 35.5. The molecular formula is C23H13ClF3N3O4. The van der Waals surface area contributed by atoms with Gasteiger partial charge in [-0.15, -0.1) is 0 Å². The van der Waals surface area contributed by atoms with Crippen LogP contribution in [0, 0.1) is 21.4 Å². The number of anilines is 1. The first kappa shape index (κ1) is 24.3. The number of rotatable bonds is 6. The molecule has 7 nitrogen and oxygen atoms in total. The van der Waals surface area contributed by atoms with E-state index in [0.29, 0.717) is 23.4 Å². The number of amides is 1. The molecule has 3 aromatic carbocycles. The van der Waals surface area contributed by atoms with Crippen LogP contribution in [0.4, 0.5) is 24.5 Å². The lowest BCUT2D eigenvalue weighted by Gasteiger charge is -2.10. The molecule has 0 unspecified atom stereocenters. The van der Waals surface area contributed by atoms with E-state index in [1.165, 1.54) is 30.3 Å². The number of nitrogens with one attached hydrogen (secondary N) is 1. The minimum Gasteiger partial charge on any atom is -0.450 e. The van der Waals surface area contributed by atoms with Crippen molar-refractivity contribution in [3.05, 3.63) is 98.6 Å². The number of nitro groups is 1. The summed E-state index contributed by atoms with van der Waals surface area (Å²) in [5.41, 5.74) is -1.68. The van der Waals surface area contributed by atoms with E-state index < -0.39 is 34.0 Å². The highest BCUT2D eigenvalue weighted by Crippen LogP contribution is 2.38. The van der Waals surface area contributed by atoms with Crippen LogP contribution in [0.5, 0.6) is 11.5 Å². The Morgan fingerprint density at radius 3 is 2.50 bits per heavy atom. The molecule has 1 N–H and O–H groups in total. The molecule has 0 aromatic heterocycles. The van der Waals surface area contributed by atoms with E-state index >= 15 is 0 Å². The number of hydrogen-bond acceptors (Lipinski definition) is 5. The Morgan fingerprint density at radius 2 is 1.85 bits per heavy atom. The van der Waals surface area contributed by atoms with Crippen LogP contribution in [0.15, 0.2) is 72.3 Å². The number of alkyl halides is 3. The zero-order valence-corrected chi connectivity index (χ0v) is 17.7. The topological polar surface area (TPSA) is 105 Å². The van der Waals surface area contributed by atoms with Crippen LogP contribution in [0.2, 0.25) is 5.02 Å². The summed E-state index contributed by atoms with van der Waals surface area (Å²) in [6.07, 6.45) is -3.51. The van der Waals surface area contributed by atoms with Crippen molar-refractivity contribution in [2.75, 3.05) is 5.32 Å². The van der Waals surface area contributed by atoms with E-state index in [1.807, 2.05) is 0 Å².